The summed E-state index contributed by atoms with van der Waals surface area (Å²) in [5, 5.41) is 45.1. The summed E-state index contributed by atoms with van der Waals surface area (Å²) in [7, 11) is 1.65. The van der Waals surface area contributed by atoms with Crippen LogP contribution in [0, 0.1) is 0 Å². The second-order valence-corrected chi connectivity index (χ2v) is 5.73. The number of ether oxygens (including phenoxy) is 1. The van der Waals surface area contributed by atoms with Crippen molar-refractivity contribution >= 4 is 21.6 Å². The van der Waals surface area contributed by atoms with Crippen LogP contribution in [0.1, 0.15) is 0 Å². The highest BCUT2D eigenvalue weighted by Crippen LogP contribution is 2.66. The fourth-order valence-electron chi connectivity index (χ4n) is 1.39. The highest BCUT2D eigenvalue weighted by Gasteiger charge is 2.72. The second kappa shape index (κ2) is 3.22. The molecule has 0 spiro atoms. The Morgan fingerprint density at radius 1 is 1.21 bits per heavy atom. The number of hydrogen-bond acceptors (Lipinski definition) is 8. The quantitative estimate of drug-likeness (QED) is 0.330. The average Bonchev–Trinajstić information content (AvgIpc) is 2.19. The van der Waals surface area contributed by atoms with E-state index in [9.17, 15) is 20.4 Å². The third-order valence-electron chi connectivity index (χ3n) is 2.33. The molecule has 0 radical (unpaired) electrons. The molecule has 5 atom stereocenters. The monoisotopic (exact) mass is 242 g/mol. The smallest absolute Gasteiger partial charge is 0.269 e. The first-order chi connectivity index (χ1) is 6.44. The first-order valence-corrected chi connectivity index (χ1v) is 6.06. The van der Waals surface area contributed by atoms with E-state index in [4.69, 9.17) is 9.84 Å². The lowest BCUT2D eigenvalue weighted by Gasteiger charge is -2.57. The van der Waals surface area contributed by atoms with Crippen LogP contribution >= 0.6 is 21.6 Å². The average molecular weight is 242 g/mol. The van der Waals surface area contributed by atoms with Gasteiger partial charge in [-0.2, -0.15) is 0 Å². The van der Waals surface area contributed by atoms with Gasteiger partial charge in [-0.15, -0.1) is 0 Å². The van der Waals surface area contributed by atoms with Crippen LogP contribution in [0.5, 0.6) is 0 Å². The summed E-state index contributed by atoms with van der Waals surface area (Å²) in [6.45, 7) is -0.540. The fraction of sp³-hybridized carbons (Fsp3) is 1.00. The normalized spacial score (nSPS) is 57.6. The topological polar surface area (TPSA) is 110 Å². The minimum absolute atomic E-state index is 0.540. The largest absolute Gasteiger partial charge is 0.394 e. The van der Waals surface area contributed by atoms with Crippen molar-refractivity contribution in [3.05, 3.63) is 0 Å². The maximum Gasteiger partial charge on any atom is 0.269 e. The third kappa shape index (κ3) is 1.17. The molecule has 0 aromatic heterocycles. The summed E-state index contributed by atoms with van der Waals surface area (Å²) in [4.78, 5) is -1.93. The lowest BCUT2D eigenvalue weighted by Crippen LogP contribution is -2.73. The molecule has 2 aliphatic rings. The van der Waals surface area contributed by atoms with E-state index >= 15 is 0 Å². The SMILES string of the molecule is OC[C@H]1O[C@]2(O)SS[C@]2(O)[C@@H](O)[C@H]1O. The maximum atomic E-state index is 9.72. The zero-order chi connectivity index (χ0) is 10.6. The van der Waals surface area contributed by atoms with Crippen LogP contribution in [-0.4, -0.2) is 60.5 Å². The van der Waals surface area contributed by atoms with Gasteiger partial charge in [0.15, 0.2) is 0 Å². The molecule has 14 heavy (non-hydrogen) atoms. The molecule has 2 fully saturated rings. The van der Waals surface area contributed by atoms with Gasteiger partial charge in [0, 0.05) is 0 Å². The fourth-order valence-corrected chi connectivity index (χ4v) is 3.96. The van der Waals surface area contributed by atoms with Crippen molar-refractivity contribution in [2.75, 3.05) is 6.61 Å². The van der Waals surface area contributed by atoms with Crippen molar-refractivity contribution in [2.24, 2.45) is 0 Å². The summed E-state index contributed by atoms with van der Waals surface area (Å²) in [6.07, 6.45) is -4.06. The molecule has 82 valence electrons. The number of aliphatic hydroxyl groups is 5. The van der Waals surface area contributed by atoms with Gasteiger partial charge in [0.05, 0.1) is 6.61 Å². The molecule has 0 saturated carbocycles. The molecule has 5 N–H and O–H groups in total. The van der Waals surface area contributed by atoms with Crippen LogP contribution in [0.3, 0.4) is 0 Å². The van der Waals surface area contributed by atoms with Gasteiger partial charge < -0.3 is 30.3 Å². The molecule has 0 aromatic carbocycles. The van der Waals surface area contributed by atoms with E-state index in [0.29, 0.717) is 0 Å². The van der Waals surface area contributed by atoms with Gasteiger partial charge >= 0.3 is 0 Å². The standard InChI is InChI=1S/C6H10O6S2/c7-1-2-3(8)4(9)5(10)6(11,12-2)14-13-5/h2-4,7-11H,1H2/t2-,3+,4+,5-,6+/m1/s1. The number of hydrogen-bond donors (Lipinski definition) is 5. The summed E-state index contributed by atoms with van der Waals surface area (Å²) in [5.74, 6) is 0. The molecule has 0 aliphatic carbocycles. The third-order valence-corrected chi connectivity index (χ3v) is 5.64. The van der Waals surface area contributed by atoms with E-state index in [2.05, 4.69) is 0 Å². The van der Waals surface area contributed by atoms with Crippen molar-refractivity contribution in [1.82, 2.24) is 0 Å². The molecule has 2 rings (SSSR count). The van der Waals surface area contributed by atoms with Gasteiger partial charge in [-0.1, -0.05) is 0 Å². The van der Waals surface area contributed by atoms with Crippen molar-refractivity contribution in [3.8, 4) is 0 Å². The zero-order valence-corrected chi connectivity index (χ0v) is 8.53. The van der Waals surface area contributed by atoms with E-state index in [1.165, 1.54) is 0 Å². The van der Waals surface area contributed by atoms with Gasteiger partial charge in [-0.05, 0) is 21.6 Å². The van der Waals surface area contributed by atoms with Crippen LogP contribution in [-0.2, 0) is 4.74 Å². The lowest BCUT2D eigenvalue weighted by atomic mass is 9.98. The number of fused-ring (bicyclic) bond motifs is 1. The van der Waals surface area contributed by atoms with E-state index in [1.54, 1.807) is 0 Å². The minimum Gasteiger partial charge on any atom is -0.394 e. The Balaban J connectivity index is 2.25. The van der Waals surface area contributed by atoms with Crippen LogP contribution in [0.2, 0.25) is 0 Å². The summed E-state index contributed by atoms with van der Waals surface area (Å²) in [5.41, 5.74) is 0. The van der Waals surface area contributed by atoms with Crippen molar-refractivity contribution in [1.29, 1.82) is 0 Å². The summed E-state index contributed by atoms with van der Waals surface area (Å²) >= 11 is 0. The van der Waals surface area contributed by atoms with Crippen LogP contribution in [0.25, 0.3) is 0 Å². The Bertz CT molecular complexity index is 252. The minimum atomic E-state index is -1.95. The van der Waals surface area contributed by atoms with Gasteiger partial charge in [0.25, 0.3) is 5.12 Å². The van der Waals surface area contributed by atoms with Crippen LogP contribution in [0.15, 0.2) is 0 Å². The second-order valence-electron chi connectivity index (χ2n) is 3.22. The Labute approximate surface area is 87.3 Å². The highest BCUT2D eigenvalue weighted by molar-refractivity contribution is 8.80. The molecule has 2 heterocycles. The molecule has 8 heteroatoms. The molecule has 0 bridgehead atoms. The molecule has 2 aliphatic heterocycles. The Morgan fingerprint density at radius 2 is 1.86 bits per heavy atom. The predicted molar refractivity (Wildman–Crippen MR) is 49.1 cm³/mol. The highest BCUT2D eigenvalue weighted by atomic mass is 33.1. The molecular formula is C6H10O6S2. The Kier molecular flexibility index (Phi) is 2.52. The van der Waals surface area contributed by atoms with Crippen LogP contribution in [0.4, 0.5) is 0 Å². The number of rotatable bonds is 1. The van der Waals surface area contributed by atoms with Gasteiger partial charge in [-0.3, -0.25) is 0 Å². The molecule has 6 nitrogen and oxygen atoms in total. The zero-order valence-electron chi connectivity index (χ0n) is 6.90. The van der Waals surface area contributed by atoms with E-state index in [0.717, 1.165) is 21.6 Å². The van der Waals surface area contributed by atoms with Crippen molar-refractivity contribution < 1.29 is 30.3 Å². The Morgan fingerprint density at radius 3 is 2.29 bits per heavy atom. The molecule has 0 aromatic rings. The maximum absolute atomic E-state index is 9.72. The first-order valence-electron chi connectivity index (χ1n) is 3.91. The molecule has 0 unspecified atom stereocenters. The molecule has 2 saturated heterocycles. The van der Waals surface area contributed by atoms with E-state index in [-0.39, 0.29) is 0 Å². The predicted octanol–water partition coefficient (Wildman–Crippen LogP) is -2.17. The van der Waals surface area contributed by atoms with Gasteiger partial charge in [-0.25, -0.2) is 0 Å². The van der Waals surface area contributed by atoms with Crippen LogP contribution < -0.4 is 0 Å². The van der Waals surface area contributed by atoms with Crippen molar-refractivity contribution in [3.63, 3.8) is 0 Å². The van der Waals surface area contributed by atoms with Crippen molar-refractivity contribution in [2.45, 2.75) is 28.4 Å². The van der Waals surface area contributed by atoms with E-state index < -0.39 is 35.0 Å². The number of aliphatic hydroxyl groups excluding tert-OH is 3. The summed E-state index contributed by atoms with van der Waals surface area (Å²) < 4.78 is 4.90. The molecular weight excluding hydrogens is 232 g/mol. The Hall–Kier alpha value is 0.460. The molecule has 0 amide bonds. The first kappa shape index (κ1) is 11.0. The van der Waals surface area contributed by atoms with Gasteiger partial charge in [0.1, 0.15) is 18.3 Å². The lowest BCUT2D eigenvalue weighted by molar-refractivity contribution is -0.320. The summed E-state index contributed by atoms with van der Waals surface area (Å²) in [6, 6.07) is 0. The van der Waals surface area contributed by atoms with Gasteiger partial charge in [0.2, 0.25) is 4.93 Å². The van der Waals surface area contributed by atoms with E-state index in [1.807, 2.05) is 0 Å².